The van der Waals surface area contributed by atoms with Gasteiger partial charge in [0.25, 0.3) is 0 Å². The van der Waals surface area contributed by atoms with E-state index in [1.165, 1.54) is 20.0 Å². The second-order valence-corrected chi connectivity index (χ2v) is 6.88. The highest BCUT2D eigenvalue weighted by atomic mass is 16.5. The number of ether oxygens (including phenoxy) is 3. The number of rotatable bonds is 6. The van der Waals surface area contributed by atoms with Gasteiger partial charge in [-0.15, -0.1) is 0 Å². The first-order valence-electron chi connectivity index (χ1n) is 9.24. The largest absolute Gasteiger partial charge is 0.496 e. The molecule has 1 heterocycles. The predicted octanol–water partition coefficient (Wildman–Crippen LogP) is 3.02. The second-order valence-electron chi connectivity index (χ2n) is 6.88. The summed E-state index contributed by atoms with van der Waals surface area (Å²) in [6, 6.07) is 7.75. The van der Waals surface area contributed by atoms with Gasteiger partial charge in [0.2, 0.25) is 0 Å². The molecule has 0 bridgehead atoms. The quantitative estimate of drug-likeness (QED) is 0.651. The zero-order valence-corrected chi connectivity index (χ0v) is 15.6. The molecule has 2 aliphatic rings. The highest BCUT2D eigenvalue weighted by Crippen LogP contribution is 2.51. The number of carbonyl (C=O) groups is 1. The minimum atomic E-state index is -0.127. The van der Waals surface area contributed by atoms with Gasteiger partial charge in [0, 0.05) is 28.8 Å². The Labute approximate surface area is 158 Å². The number of methoxy groups -OCH3 is 2. The van der Waals surface area contributed by atoms with Crippen LogP contribution in [0, 0.1) is 0 Å². The average molecular weight is 368 g/mol. The van der Waals surface area contributed by atoms with E-state index in [9.17, 15) is 4.79 Å². The number of hydrogen-bond donors (Lipinski definition) is 2. The minimum absolute atomic E-state index is 0.127. The Bertz CT molecular complexity index is 888. The molecule has 142 valence electrons. The van der Waals surface area contributed by atoms with Crippen LogP contribution in [0.4, 0.5) is 5.69 Å². The molecule has 1 atom stereocenters. The second kappa shape index (κ2) is 7.12. The van der Waals surface area contributed by atoms with Gasteiger partial charge in [0.05, 0.1) is 32.1 Å². The summed E-state index contributed by atoms with van der Waals surface area (Å²) in [5.41, 5.74) is 9.00. The van der Waals surface area contributed by atoms with E-state index >= 15 is 0 Å². The first-order valence-corrected chi connectivity index (χ1v) is 9.24. The van der Waals surface area contributed by atoms with Crippen molar-refractivity contribution >= 4 is 11.5 Å². The molecule has 1 aliphatic carbocycles. The third-order valence-corrected chi connectivity index (χ3v) is 5.37. The molecular formula is C21H24N2O4. The van der Waals surface area contributed by atoms with Crippen LogP contribution < -0.4 is 25.3 Å². The maximum atomic E-state index is 13.0. The van der Waals surface area contributed by atoms with Gasteiger partial charge >= 0.3 is 0 Å². The van der Waals surface area contributed by atoms with E-state index in [4.69, 9.17) is 19.9 Å². The van der Waals surface area contributed by atoms with Crippen molar-refractivity contribution in [1.82, 2.24) is 5.32 Å². The van der Waals surface area contributed by atoms with E-state index in [1.807, 2.05) is 12.1 Å². The fourth-order valence-electron chi connectivity index (χ4n) is 4.01. The molecule has 1 fully saturated rings. The average Bonchev–Trinajstić information content (AvgIpc) is 3.30. The van der Waals surface area contributed by atoms with E-state index in [2.05, 4.69) is 5.32 Å². The van der Waals surface area contributed by atoms with Crippen molar-refractivity contribution in [3.05, 3.63) is 35.4 Å². The van der Waals surface area contributed by atoms with Gasteiger partial charge in [-0.25, -0.2) is 0 Å². The van der Waals surface area contributed by atoms with E-state index in [0.717, 1.165) is 18.5 Å². The molecule has 4 rings (SSSR count). The number of fused-ring (bicyclic) bond motifs is 3. The summed E-state index contributed by atoms with van der Waals surface area (Å²) in [4.78, 5) is 13.0. The Morgan fingerprint density at radius 2 is 1.93 bits per heavy atom. The fourth-order valence-corrected chi connectivity index (χ4v) is 4.01. The molecule has 0 amide bonds. The van der Waals surface area contributed by atoms with Crippen LogP contribution in [-0.4, -0.2) is 39.2 Å². The zero-order valence-electron chi connectivity index (χ0n) is 15.6. The zero-order chi connectivity index (χ0) is 19.0. The van der Waals surface area contributed by atoms with Crippen LogP contribution >= 0.6 is 0 Å². The van der Waals surface area contributed by atoms with Crippen LogP contribution in [0.5, 0.6) is 17.2 Å². The van der Waals surface area contributed by atoms with Gasteiger partial charge in [0.1, 0.15) is 17.2 Å². The maximum Gasteiger partial charge on any atom is 0.196 e. The monoisotopic (exact) mass is 368 g/mol. The first-order chi connectivity index (χ1) is 13.2. The van der Waals surface area contributed by atoms with Crippen molar-refractivity contribution < 1.29 is 19.0 Å². The summed E-state index contributed by atoms with van der Waals surface area (Å²) < 4.78 is 17.0. The molecule has 0 aromatic heterocycles. The van der Waals surface area contributed by atoms with Gasteiger partial charge in [-0.2, -0.15) is 0 Å². The van der Waals surface area contributed by atoms with Crippen molar-refractivity contribution in [3.8, 4) is 28.4 Å². The molecule has 0 spiro atoms. The third-order valence-electron chi connectivity index (χ3n) is 5.37. The van der Waals surface area contributed by atoms with Gasteiger partial charge in [-0.05, 0) is 31.9 Å². The number of nitrogens with two attached hydrogens (primary N) is 1. The molecule has 2 aromatic rings. The van der Waals surface area contributed by atoms with Gasteiger partial charge in [-0.3, -0.25) is 4.79 Å². The first kappa shape index (κ1) is 17.7. The van der Waals surface area contributed by atoms with E-state index < -0.39 is 0 Å². The van der Waals surface area contributed by atoms with Crippen LogP contribution in [0.15, 0.2) is 24.3 Å². The predicted molar refractivity (Wildman–Crippen MR) is 104 cm³/mol. The number of nitrogen functional groups attached to an aromatic ring is 1. The molecule has 27 heavy (non-hydrogen) atoms. The summed E-state index contributed by atoms with van der Waals surface area (Å²) >= 11 is 0. The highest BCUT2D eigenvalue weighted by molar-refractivity contribution is 6.26. The van der Waals surface area contributed by atoms with Crippen molar-refractivity contribution in [2.24, 2.45) is 0 Å². The van der Waals surface area contributed by atoms with Gasteiger partial charge in [0.15, 0.2) is 5.78 Å². The lowest BCUT2D eigenvalue weighted by Crippen LogP contribution is -2.23. The van der Waals surface area contributed by atoms with E-state index in [0.29, 0.717) is 52.3 Å². The molecule has 2 aromatic carbocycles. The lowest BCUT2D eigenvalue weighted by atomic mass is 10.0. The molecule has 0 saturated carbocycles. The van der Waals surface area contributed by atoms with Crippen LogP contribution in [0.25, 0.3) is 11.1 Å². The summed E-state index contributed by atoms with van der Waals surface area (Å²) in [7, 11) is 3.10. The Balaban J connectivity index is 1.73. The van der Waals surface area contributed by atoms with E-state index in [1.54, 1.807) is 19.2 Å². The fraction of sp³-hybridized carbons (Fsp3) is 0.381. The normalized spacial score (nSPS) is 17.6. The van der Waals surface area contributed by atoms with Crippen molar-refractivity contribution in [1.29, 1.82) is 0 Å². The molecule has 0 radical (unpaired) electrons. The number of hydrogen-bond acceptors (Lipinski definition) is 6. The molecule has 6 nitrogen and oxygen atoms in total. The van der Waals surface area contributed by atoms with Crippen LogP contribution in [0.2, 0.25) is 0 Å². The van der Waals surface area contributed by atoms with Crippen LogP contribution in [0.1, 0.15) is 35.2 Å². The highest BCUT2D eigenvalue weighted by Gasteiger charge is 2.36. The van der Waals surface area contributed by atoms with Crippen molar-refractivity contribution in [3.63, 3.8) is 0 Å². The Morgan fingerprint density at radius 3 is 2.63 bits per heavy atom. The number of carbonyl (C=O) groups excluding carboxylic acids is 1. The summed E-state index contributed by atoms with van der Waals surface area (Å²) in [5, 5.41) is 3.47. The molecule has 1 saturated heterocycles. The summed E-state index contributed by atoms with van der Waals surface area (Å²) in [6.07, 6.45) is 3.33. The lowest BCUT2D eigenvalue weighted by Gasteiger charge is -2.16. The standard InChI is InChI=1S/C21H24N2O4/c1-25-15-11-16(26-2)20(22)19-18(15)17-13(21(19)24)6-3-7-14(17)27-10-8-12-5-4-9-23-12/h3,6-7,11-12,23H,4-5,8-10,22H2,1-2H3. The molecular weight excluding hydrogens is 344 g/mol. The maximum absolute atomic E-state index is 13.0. The number of anilines is 1. The van der Waals surface area contributed by atoms with Gasteiger partial charge in [-0.1, -0.05) is 12.1 Å². The minimum Gasteiger partial charge on any atom is -0.496 e. The number of nitrogens with one attached hydrogen (secondary N) is 1. The Hall–Kier alpha value is -2.73. The molecule has 1 unspecified atom stereocenters. The van der Waals surface area contributed by atoms with Crippen LogP contribution in [0.3, 0.4) is 0 Å². The third kappa shape index (κ3) is 2.90. The molecule has 1 aliphatic heterocycles. The summed E-state index contributed by atoms with van der Waals surface area (Å²) in [6.45, 7) is 1.66. The van der Waals surface area contributed by atoms with Crippen molar-refractivity contribution in [2.75, 3.05) is 33.1 Å². The SMILES string of the molecule is COc1cc(OC)c2c(c1N)C(=O)c1cccc(OCCC3CCCN3)c1-2. The number of benzene rings is 2. The topological polar surface area (TPSA) is 82.8 Å². The lowest BCUT2D eigenvalue weighted by molar-refractivity contribution is 0.104. The number of ketones is 1. The van der Waals surface area contributed by atoms with Crippen LogP contribution in [-0.2, 0) is 0 Å². The molecule has 6 heteroatoms. The summed E-state index contributed by atoms with van der Waals surface area (Å²) in [5.74, 6) is 1.54. The Kier molecular flexibility index (Phi) is 4.66. The molecule has 3 N–H and O–H groups in total. The smallest absolute Gasteiger partial charge is 0.196 e. The Morgan fingerprint density at radius 1 is 1.11 bits per heavy atom. The van der Waals surface area contributed by atoms with Gasteiger partial charge < -0.3 is 25.3 Å². The van der Waals surface area contributed by atoms with E-state index in [-0.39, 0.29) is 5.78 Å². The van der Waals surface area contributed by atoms with Crippen molar-refractivity contribution in [2.45, 2.75) is 25.3 Å².